The van der Waals surface area contributed by atoms with Crippen LogP contribution in [0, 0.1) is 17.6 Å². The first-order valence-corrected chi connectivity index (χ1v) is 4.88. The molecule has 0 bridgehead atoms. The van der Waals surface area contributed by atoms with Gasteiger partial charge in [0.1, 0.15) is 11.6 Å². The molecular weight excluding hydrogens is 232 g/mol. The average Bonchev–Trinajstić information content (AvgIpc) is 2.22. The smallest absolute Gasteiger partial charge is 0.306 e. The lowest BCUT2D eigenvalue weighted by atomic mass is 10.1. The Hall–Kier alpha value is -1.98. The van der Waals surface area contributed by atoms with E-state index in [1.165, 1.54) is 6.92 Å². The van der Waals surface area contributed by atoms with Crippen molar-refractivity contribution in [1.82, 2.24) is 0 Å². The second kappa shape index (κ2) is 5.38. The topological polar surface area (TPSA) is 66.4 Å². The van der Waals surface area contributed by atoms with Crippen molar-refractivity contribution < 1.29 is 23.5 Å². The summed E-state index contributed by atoms with van der Waals surface area (Å²) in [5.74, 6) is -4.26. The zero-order valence-electron chi connectivity index (χ0n) is 9.04. The molecule has 1 unspecified atom stereocenters. The van der Waals surface area contributed by atoms with Crippen molar-refractivity contribution in [3.05, 3.63) is 29.8 Å². The van der Waals surface area contributed by atoms with E-state index in [-0.39, 0.29) is 12.1 Å². The lowest BCUT2D eigenvalue weighted by Gasteiger charge is -2.08. The maximum Gasteiger partial charge on any atom is 0.306 e. The Labute approximate surface area is 96.3 Å². The van der Waals surface area contributed by atoms with E-state index in [4.69, 9.17) is 5.11 Å². The lowest BCUT2D eigenvalue weighted by molar-refractivity contribution is -0.142. The molecule has 0 aliphatic carbocycles. The largest absolute Gasteiger partial charge is 0.481 e. The molecule has 1 amide bonds. The summed E-state index contributed by atoms with van der Waals surface area (Å²) in [7, 11) is 0. The van der Waals surface area contributed by atoms with E-state index in [0.29, 0.717) is 6.07 Å². The van der Waals surface area contributed by atoms with Gasteiger partial charge in [-0.25, -0.2) is 8.78 Å². The number of carbonyl (C=O) groups excluding carboxylic acids is 1. The zero-order chi connectivity index (χ0) is 13.0. The van der Waals surface area contributed by atoms with Crippen molar-refractivity contribution >= 4 is 17.6 Å². The van der Waals surface area contributed by atoms with Crippen molar-refractivity contribution in [2.75, 3.05) is 5.32 Å². The number of carboxylic acid groups (broad SMARTS) is 1. The Morgan fingerprint density at radius 3 is 2.59 bits per heavy atom. The van der Waals surface area contributed by atoms with Gasteiger partial charge in [-0.2, -0.15) is 0 Å². The van der Waals surface area contributed by atoms with E-state index in [1.54, 1.807) is 0 Å². The van der Waals surface area contributed by atoms with Gasteiger partial charge >= 0.3 is 5.97 Å². The third kappa shape index (κ3) is 3.82. The molecule has 6 heteroatoms. The Morgan fingerprint density at radius 1 is 1.41 bits per heavy atom. The van der Waals surface area contributed by atoms with Gasteiger partial charge in [-0.15, -0.1) is 0 Å². The van der Waals surface area contributed by atoms with Gasteiger partial charge in [0.05, 0.1) is 11.6 Å². The number of carboxylic acids is 1. The van der Waals surface area contributed by atoms with Gasteiger partial charge < -0.3 is 10.4 Å². The second-order valence-corrected chi connectivity index (χ2v) is 3.62. The number of nitrogens with one attached hydrogen (secondary N) is 1. The molecule has 0 aliphatic heterocycles. The Morgan fingerprint density at radius 2 is 2.06 bits per heavy atom. The highest BCUT2D eigenvalue weighted by Crippen LogP contribution is 2.15. The minimum atomic E-state index is -1.11. The van der Waals surface area contributed by atoms with Gasteiger partial charge in [0.15, 0.2) is 0 Å². The Bertz CT molecular complexity index is 448. The molecule has 1 aromatic rings. The molecule has 1 rings (SSSR count). The maximum atomic E-state index is 13.1. The minimum Gasteiger partial charge on any atom is -0.481 e. The Balaban J connectivity index is 2.65. The van der Waals surface area contributed by atoms with Gasteiger partial charge in [-0.05, 0) is 12.1 Å². The van der Waals surface area contributed by atoms with Gasteiger partial charge in [-0.3, -0.25) is 9.59 Å². The van der Waals surface area contributed by atoms with E-state index in [2.05, 4.69) is 5.32 Å². The fraction of sp³-hybridized carbons (Fsp3) is 0.273. The zero-order valence-corrected chi connectivity index (χ0v) is 9.04. The summed E-state index contributed by atoms with van der Waals surface area (Å²) in [6.07, 6.45) is -0.272. The average molecular weight is 243 g/mol. The predicted octanol–water partition coefficient (Wildman–Crippen LogP) is 2.01. The molecule has 0 radical (unpaired) electrons. The molecule has 2 N–H and O–H groups in total. The van der Waals surface area contributed by atoms with Gasteiger partial charge in [0.25, 0.3) is 0 Å². The second-order valence-electron chi connectivity index (χ2n) is 3.62. The van der Waals surface area contributed by atoms with Crippen LogP contribution in [0.2, 0.25) is 0 Å². The van der Waals surface area contributed by atoms with Gasteiger partial charge in [0.2, 0.25) is 5.91 Å². The molecule has 0 fully saturated rings. The molecule has 0 saturated carbocycles. The number of carbonyl (C=O) groups is 2. The molecule has 92 valence electrons. The summed E-state index contributed by atoms with van der Waals surface area (Å²) >= 11 is 0. The van der Waals surface area contributed by atoms with Crippen LogP contribution in [0.15, 0.2) is 18.2 Å². The fourth-order valence-electron chi connectivity index (χ4n) is 1.16. The van der Waals surface area contributed by atoms with Crippen molar-refractivity contribution in [1.29, 1.82) is 0 Å². The minimum absolute atomic E-state index is 0.172. The normalized spacial score (nSPS) is 11.9. The number of hydrogen-bond acceptors (Lipinski definition) is 2. The van der Waals surface area contributed by atoms with Crippen LogP contribution in [-0.4, -0.2) is 17.0 Å². The molecule has 1 atom stereocenters. The third-order valence-corrected chi connectivity index (χ3v) is 2.12. The van der Waals surface area contributed by atoms with Crippen LogP contribution in [-0.2, 0) is 9.59 Å². The molecule has 0 aromatic heterocycles. The highest BCUT2D eigenvalue weighted by atomic mass is 19.1. The maximum absolute atomic E-state index is 13.1. The number of halogens is 2. The third-order valence-electron chi connectivity index (χ3n) is 2.12. The van der Waals surface area contributed by atoms with Crippen molar-refractivity contribution in [3.8, 4) is 0 Å². The first-order valence-electron chi connectivity index (χ1n) is 4.88. The standard InChI is InChI=1S/C11H11F2NO3/c1-6(11(16)17)4-10(15)14-9-3-2-7(12)5-8(9)13/h2-3,5-6H,4H2,1H3,(H,14,15)(H,16,17). The summed E-state index contributed by atoms with van der Waals surface area (Å²) in [5, 5.41) is 10.8. The summed E-state index contributed by atoms with van der Waals surface area (Å²) in [6, 6.07) is 2.71. The lowest BCUT2D eigenvalue weighted by Crippen LogP contribution is -2.20. The van der Waals surface area contributed by atoms with Crippen LogP contribution in [0.3, 0.4) is 0 Å². The van der Waals surface area contributed by atoms with Crippen LogP contribution in [0.4, 0.5) is 14.5 Å². The molecule has 0 saturated heterocycles. The van der Waals surface area contributed by atoms with E-state index in [1.807, 2.05) is 0 Å². The van der Waals surface area contributed by atoms with Crippen LogP contribution in [0.25, 0.3) is 0 Å². The highest BCUT2D eigenvalue weighted by molar-refractivity contribution is 5.93. The Kier molecular flexibility index (Phi) is 4.14. The number of benzene rings is 1. The van der Waals surface area contributed by atoms with Crippen LogP contribution in [0.5, 0.6) is 0 Å². The van der Waals surface area contributed by atoms with Crippen LogP contribution in [0.1, 0.15) is 13.3 Å². The van der Waals surface area contributed by atoms with Crippen molar-refractivity contribution in [2.45, 2.75) is 13.3 Å². The quantitative estimate of drug-likeness (QED) is 0.850. The molecule has 4 nitrogen and oxygen atoms in total. The predicted molar refractivity (Wildman–Crippen MR) is 56.4 cm³/mol. The molecule has 0 spiro atoms. The first-order chi connectivity index (χ1) is 7.90. The summed E-state index contributed by atoms with van der Waals surface area (Å²) in [5.41, 5.74) is -0.172. The van der Waals surface area contributed by atoms with E-state index in [9.17, 15) is 18.4 Å². The van der Waals surface area contributed by atoms with Crippen LogP contribution >= 0.6 is 0 Å². The van der Waals surface area contributed by atoms with E-state index in [0.717, 1.165) is 12.1 Å². The van der Waals surface area contributed by atoms with Crippen molar-refractivity contribution in [3.63, 3.8) is 0 Å². The van der Waals surface area contributed by atoms with Gasteiger partial charge in [-0.1, -0.05) is 6.92 Å². The molecule has 17 heavy (non-hydrogen) atoms. The number of hydrogen-bond donors (Lipinski definition) is 2. The fourth-order valence-corrected chi connectivity index (χ4v) is 1.16. The number of aliphatic carboxylic acids is 1. The van der Waals surface area contributed by atoms with E-state index < -0.39 is 29.4 Å². The van der Waals surface area contributed by atoms with E-state index >= 15 is 0 Å². The summed E-state index contributed by atoms with van der Waals surface area (Å²) in [4.78, 5) is 21.8. The SMILES string of the molecule is CC(CC(=O)Nc1ccc(F)cc1F)C(=O)O. The molecule has 0 heterocycles. The monoisotopic (exact) mass is 243 g/mol. The number of anilines is 1. The number of rotatable bonds is 4. The number of amides is 1. The van der Waals surface area contributed by atoms with Crippen molar-refractivity contribution in [2.24, 2.45) is 5.92 Å². The molecule has 0 aliphatic rings. The highest BCUT2D eigenvalue weighted by Gasteiger charge is 2.16. The molecular formula is C11H11F2NO3. The molecule has 1 aromatic carbocycles. The van der Waals surface area contributed by atoms with Gasteiger partial charge in [0, 0.05) is 12.5 Å². The first kappa shape index (κ1) is 13.1. The van der Waals surface area contributed by atoms with Crippen LogP contribution < -0.4 is 5.32 Å². The summed E-state index contributed by atoms with van der Waals surface area (Å²) < 4.78 is 25.7. The summed E-state index contributed by atoms with van der Waals surface area (Å²) in [6.45, 7) is 1.36.